The number of benzene rings is 2. The van der Waals surface area contributed by atoms with E-state index in [4.69, 9.17) is 0 Å². The molecular weight excluding hydrogens is 415 g/mol. The van der Waals surface area contributed by atoms with Gasteiger partial charge in [0, 0.05) is 50.1 Å². The van der Waals surface area contributed by atoms with Crippen LogP contribution in [-0.4, -0.2) is 36.8 Å². The fraction of sp³-hybridized carbons (Fsp3) is 0.259. The molecular formula is C27H29FN4O. The molecule has 1 heterocycles. The lowest BCUT2D eigenvalue weighted by atomic mass is 9.98. The molecule has 0 saturated carbocycles. The molecule has 1 saturated heterocycles. The van der Waals surface area contributed by atoms with Crippen molar-refractivity contribution in [3.8, 4) is 0 Å². The van der Waals surface area contributed by atoms with Crippen LogP contribution < -0.4 is 10.2 Å². The first-order chi connectivity index (χ1) is 15.8. The molecule has 6 heteroatoms. The molecule has 0 spiro atoms. The number of hydrogen-bond donors (Lipinski definition) is 1. The summed E-state index contributed by atoms with van der Waals surface area (Å²) in [5, 5.41) is 2.89. The van der Waals surface area contributed by atoms with Crippen LogP contribution in [0.5, 0.6) is 0 Å². The topological polar surface area (TPSA) is 47.9 Å². The first kappa shape index (κ1) is 22.5. The Hall–Kier alpha value is -3.67. The van der Waals surface area contributed by atoms with Crippen LogP contribution in [0.25, 0.3) is 5.57 Å². The minimum absolute atomic E-state index is 0.0938. The molecule has 5 nitrogen and oxygen atoms in total. The molecule has 0 atom stereocenters. The third-order valence-electron chi connectivity index (χ3n) is 5.88. The minimum Gasteiger partial charge on any atom is -0.374 e. The van der Waals surface area contributed by atoms with Crippen LogP contribution in [0.15, 0.2) is 72.0 Å². The number of aryl methyl sites for hydroxylation is 2. The number of amides is 2. The average Bonchev–Trinajstić information content (AvgIpc) is 3.13. The lowest BCUT2D eigenvalue weighted by molar-refractivity contribution is 0.218. The van der Waals surface area contributed by atoms with Gasteiger partial charge in [-0.15, -0.1) is 0 Å². The summed E-state index contributed by atoms with van der Waals surface area (Å²) in [4.78, 5) is 20.8. The van der Waals surface area contributed by atoms with Crippen LogP contribution in [0.1, 0.15) is 28.7 Å². The molecule has 1 fully saturated rings. The van der Waals surface area contributed by atoms with Gasteiger partial charge in [0.15, 0.2) is 0 Å². The van der Waals surface area contributed by atoms with E-state index < -0.39 is 0 Å². The Labute approximate surface area is 194 Å². The van der Waals surface area contributed by atoms with Gasteiger partial charge < -0.3 is 10.2 Å². The Balaban J connectivity index is 1.46. The highest BCUT2D eigenvalue weighted by Gasteiger charge is 2.30. The number of urea groups is 1. The monoisotopic (exact) mass is 444 g/mol. The van der Waals surface area contributed by atoms with Gasteiger partial charge in [-0.25, -0.2) is 14.2 Å². The van der Waals surface area contributed by atoms with Crippen molar-refractivity contribution in [3.63, 3.8) is 0 Å². The van der Waals surface area contributed by atoms with Crippen molar-refractivity contribution in [2.24, 2.45) is 4.99 Å². The predicted molar refractivity (Wildman–Crippen MR) is 133 cm³/mol. The summed E-state index contributed by atoms with van der Waals surface area (Å²) in [6.45, 7) is 9.63. The first-order valence-electron chi connectivity index (χ1n) is 11.1. The van der Waals surface area contributed by atoms with E-state index in [1.165, 1.54) is 17.2 Å². The highest BCUT2D eigenvalue weighted by atomic mass is 19.1. The van der Waals surface area contributed by atoms with E-state index in [0.717, 1.165) is 16.8 Å². The van der Waals surface area contributed by atoms with Crippen LogP contribution in [0.4, 0.5) is 14.9 Å². The second-order valence-corrected chi connectivity index (χ2v) is 8.51. The van der Waals surface area contributed by atoms with Crippen molar-refractivity contribution in [1.29, 1.82) is 0 Å². The maximum atomic E-state index is 15.0. The van der Waals surface area contributed by atoms with Crippen LogP contribution in [0.2, 0.25) is 0 Å². The molecule has 33 heavy (non-hydrogen) atoms. The first-order valence-corrected chi connectivity index (χ1v) is 11.1. The zero-order valence-electron chi connectivity index (χ0n) is 19.4. The number of hydrogen-bond acceptors (Lipinski definition) is 3. The summed E-state index contributed by atoms with van der Waals surface area (Å²) in [7, 11) is 1.77. The fourth-order valence-electron chi connectivity index (χ4n) is 4.30. The van der Waals surface area contributed by atoms with Crippen molar-refractivity contribution in [1.82, 2.24) is 10.2 Å². The Bertz CT molecular complexity index is 1170. The van der Waals surface area contributed by atoms with E-state index >= 15 is 4.39 Å². The van der Waals surface area contributed by atoms with E-state index in [1.807, 2.05) is 29.2 Å². The zero-order valence-corrected chi connectivity index (χ0v) is 19.4. The average molecular weight is 445 g/mol. The third kappa shape index (κ3) is 5.06. The molecule has 170 valence electrons. The molecule has 1 aliphatic carbocycles. The maximum absolute atomic E-state index is 15.0. The van der Waals surface area contributed by atoms with Crippen LogP contribution in [0, 0.1) is 19.7 Å². The van der Waals surface area contributed by atoms with Gasteiger partial charge in [-0.3, -0.25) is 4.90 Å². The molecule has 0 unspecified atom stereocenters. The molecule has 2 amide bonds. The van der Waals surface area contributed by atoms with E-state index in [9.17, 15) is 4.79 Å². The number of nitrogens with zero attached hydrogens (tertiary/aromatic N) is 3. The summed E-state index contributed by atoms with van der Waals surface area (Å²) >= 11 is 0. The number of carbonyl (C=O) groups excluding carboxylic acids is 1. The van der Waals surface area contributed by atoms with Gasteiger partial charge in [-0.05, 0) is 49.3 Å². The lowest BCUT2D eigenvalue weighted by Crippen LogP contribution is -2.31. The molecule has 2 aromatic rings. The molecule has 1 N–H and O–H groups in total. The van der Waals surface area contributed by atoms with E-state index in [0.29, 0.717) is 43.1 Å². The van der Waals surface area contributed by atoms with Crippen molar-refractivity contribution < 1.29 is 9.18 Å². The SMILES string of the molecule is C=C(/N=C1/C=CC(c2ccc(N3CCN(Cc4cc(C)cc(C)c4)C3=O)cc2F)=CC1)NC. The second kappa shape index (κ2) is 9.45. The Morgan fingerprint density at radius 3 is 2.52 bits per heavy atom. The molecule has 0 aromatic heterocycles. The normalized spacial score (nSPS) is 17.0. The summed E-state index contributed by atoms with van der Waals surface area (Å²) in [6, 6.07) is 11.3. The number of allylic oxidation sites excluding steroid dienone is 4. The standard InChI is InChI=1S/C27H29FN4O/c1-18-13-19(2)15-21(14-18)17-31-11-12-32(27(31)33)24-9-10-25(26(28)16-24)22-5-7-23(8-6-22)30-20(3)29-4/h5-7,9-10,13-16,29H,3,8,11-12,17H2,1-2,4H3/b30-23-. The van der Waals surface area contributed by atoms with E-state index in [2.05, 4.69) is 48.9 Å². The predicted octanol–water partition coefficient (Wildman–Crippen LogP) is 5.36. The third-order valence-corrected chi connectivity index (χ3v) is 5.88. The van der Waals surface area contributed by atoms with Crippen molar-refractivity contribution >= 4 is 23.0 Å². The molecule has 2 aromatic carbocycles. The lowest BCUT2D eigenvalue weighted by Gasteiger charge is -2.20. The summed E-state index contributed by atoms with van der Waals surface area (Å²) < 4.78 is 15.0. The summed E-state index contributed by atoms with van der Waals surface area (Å²) in [5.41, 5.74) is 6.24. The van der Waals surface area contributed by atoms with Gasteiger partial charge in [0.2, 0.25) is 0 Å². The van der Waals surface area contributed by atoms with Crippen molar-refractivity contribution in [2.45, 2.75) is 26.8 Å². The number of halogens is 1. The number of anilines is 1. The maximum Gasteiger partial charge on any atom is 0.324 e. The highest BCUT2D eigenvalue weighted by Crippen LogP contribution is 2.29. The molecule has 1 aliphatic heterocycles. The molecule has 0 bridgehead atoms. The smallest absolute Gasteiger partial charge is 0.324 e. The van der Waals surface area contributed by atoms with Gasteiger partial charge in [0.05, 0.1) is 0 Å². The molecule has 0 radical (unpaired) electrons. The Morgan fingerprint density at radius 1 is 1.12 bits per heavy atom. The number of aliphatic imine (C=N–C) groups is 1. The quantitative estimate of drug-likeness (QED) is 0.652. The number of rotatable bonds is 6. The molecule has 4 rings (SSSR count). The number of carbonyl (C=O) groups is 1. The summed E-state index contributed by atoms with van der Waals surface area (Å²) in [5.74, 6) is 0.243. The van der Waals surface area contributed by atoms with Gasteiger partial charge in [-0.2, -0.15) is 0 Å². The van der Waals surface area contributed by atoms with Crippen LogP contribution in [-0.2, 0) is 6.54 Å². The Morgan fingerprint density at radius 2 is 1.88 bits per heavy atom. The van der Waals surface area contributed by atoms with Gasteiger partial charge >= 0.3 is 6.03 Å². The van der Waals surface area contributed by atoms with Crippen LogP contribution >= 0.6 is 0 Å². The van der Waals surface area contributed by atoms with Crippen molar-refractivity contribution in [3.05, 3.63) is 95.1 Å². The minimum atomic E-state index is -0.344. The molecule has 2 aliphatic rings. The van der Waals surface area contributed by atoms with Gasteiger partial charge in [0.25, 0.3) is 0 Å². The Kier molecular flexibility index (Phi) is 6.45. The van der Waals surface area contributed by atoms with Crippen LogP contribution in [0.3, 0.4) is 0 Å². The van der Waals surface area contributed by atoms with E-state index in [1.54, 1.807) is 18.0 Å². The van der Waals surface area contributed by atoms with E-state index in [-0.39, 0.29) is 11.8 Å². The van der Waals surface area contributed by atoms with Gasteiger partial charge in [0.1, 0.15) is 11.6 Å². The summed E-state index contributed by atoms with van der Waals surface area (Å²) in [6.07, 6.45) is 6.29. The zero-order chi connectivity index (χ0) is 23.5. The largest absolute Gasteiger partial charge is 0.374 e. The second-order valence-electron chi connectivity index (χ2n) is 8.51. The number of nitrogens with one attached hydrogen (secondary N) is 1. The van der Waals surface area contributed by atoms with Gasteiger partial charge in [-0.1, -0.05) is 48.1 Å². The van der Waals surface area contributed by atoms with Crippen molar-refractivity contribution in [2.75, 3.05) is 25.0 Å². The fourth-order valence-corrected chi connectivity index (χ4v) is 4.30. The highest BCUT2D eigenvalue weighted by molar-refractivity contribution is 6.02.